The fraction of sp³-hybridized carbons (Fsp3) is 0.667. The van der Waals surface area contributed by atoms with Gasteiger partial charge in [-0.1, -0.05) is 13.3 Å². The van der Waals surface area contributed by atoms with Crippen molar-refractivity contribution in [2.24, 2.45) is 0 Å². The quantitative estimate of drug-likeness (QED) is 0.335. The second kappa shape index (κ2) is 7.32. The molecule has 2 nitrogen and oxygen atoms in total. The molecule has 0 aromatic heterocycles. The third kappa shape index (κ3) is 5.64. The Kier molecular flexibility index (Phi) is 6.79. The first-order valence-electron chi connectivity index (χ1n) is 4.11. The zero-order valence-electron chi connectivity index (χ0n) is 7.30. The van der Waals surface area contributed by atoms with E-state index in [9.17, 15) is 4.79 Å². The Morgan fingerprint density at radius 3 is 2.64 bits per heavy atom. The van der Waals surface area contributed by atoms with E-state index in [0.29, 0.717) is 6.61 Å². The molecule has 64 valence electrons. The fourth-order valence-corrected chi connectivity index (χ4v) is 0.717. The summed E-state index contributed by atoms with van der Waals surface area (Å²) >= 11 is 0. The van der Waals surface area contributed by atoms with Gasteiger partial charge in [0.2, 0.25) is 0 Å². The molecule has 0 aliphatic carbocycles. The smallest absolute Gasteiger partial charge is 0.149 e. The van der Waals surface area contributed by atoms with Crippen LogP contribution in [0.15, 0.2) is 11.8 Å². The molecule has 0 N–H and O–H groups in total. The van der Waals surface area contributed by atoms with Crippen LogP contribution >= 0.6 is 0 Å². The fourth-order valence-electron chi connectivity index (χ4n) is 0.717. The standard InChI is InChI=1S/C9H16O2/c1-3-5-6-9(7-10)8-11-4-2/h7-8H,3-6H2,1-2H3/b9-8-. The van der Waals surface area contributed by atoms with Crippen molar-refractivity contribution in [3.63, 3.8) is 0 Å². The molecule has 0 bridgehead atoms. The van der Waals surface area contributed by atoms with Gasteiger partial charge in [0, 0.05) is 5.57 Å². The van der Waals surface area contributed by atoms with E-state index < -0.39 is 0 Å². The lowest BCUT2D eigenvalue weighted by atomic mass is 10.1. The normalized spacial score (nSPS) is 11.3. The van der Waals surface area contributed by atoms with Gasteiger partial charge in [0.1, 0.15) is 6.29 Å². The third-order valence-corrected chi connectivity index (χ3v) is 1.37. The minimum absolute atomic E-state index is 0.628. The van der Waals surface area contributed by atoms with Gasteiger partial charge in [0.25, 0.3) is 0 Å². The van der Waals surface area contributed by atoms with E-state index in [1.165, 1.54) is 0 Å². The molecule has 0 aliphatic heterocycles. The van der Waals surface area contributed by atoms with Crippen LogP contribution in [0.1, 0.15) is 33.1 Å². The van der Waals surface area contributed by atoms with Crippen LogP contribution in [0.4, 0.5) is 0 Å². The van der Waals surface area contributed by atoms with Crippen molar-refractivity contribution >= 4 is 6.29 Å². The largest absolute Gasteiger partial charge is 0.501 e. The molecular formula is C9H16O2. The summed E-state index contributed by atoms with van der Waals surface area (Å²) in [6.45, 7) is 4.63. The number of hydrogen-bond donors (Lipinski definition) is 0. The number of aldehydes is 1. The molecule has 0 aliphatic rings. The van der Waals surface area contributed by atoms with E-state index in [0.717, 1.165) is 31.1 Å². The third-order valence-electron chi connectivity index (χ3n) is 1.37. The first kappa shape index (κ1) is 10.2. The van der Waals surface area contributed by atoms with Crippen LogP contribution in [-0.2, 0) is 9.53 Å². The van der Waals surface area contributed by atoms with Crippen LogP contribution in [0, 0.1) is 0 Å². The van der Waals surface area contributed by atoms with Crippen molar-refractivity contribution in [1.82, 2.24) is 0 Å². The molecule has 0 radical (unpaired) electrons. The van der Waals surface area contributed by atoms with E-state index >= 15 is 0 Å². The first-order chi connectivity index (χ1) is 5.35. The van der Waals surface area contributed by atoms with Crippen molar-refractivity contribution in [2.45, 2.75) is 33.1 Å². The van der Waals surface area contributed by atoms with Crippen LogP contribution in [0.2, 0.25) is 0 Å². The Morgan fingerprint density at radius 1 is 1.45 bits per heavy atom. The lowest BCUT2D eigenvalue weighted by Gasteiger charge is -1.98. The van der Waals surface area contributed by atoms with Crippen molar-refractivity contribution in [3.8, 4) is 0 Å². The van der Waals surface area contributed by atoms with Crippen molar-refractivity contribution in [1.29, 1.82) is 0 Å². The van der Waals surface area contributed by atoms with Gasteiger partial charge in [-0.3, -0.25) is 4.79 Å². The summed E-state index contributed by atoms with van der Waals surface area (Å²) in [7, 11) is 0. The van der Waals surface area contributed by atoms with Gasteiger partial charge in [0.05, 0.1) is 12.9 Å². The maximum Gasteiger partial charge on any atom is 0.149 e. The minimum atomic E-state index is 0.628. The van der Waals surface area contributed by atoms with E-state index in [1.54, 1.807) is 6.26 Å². The van der Waals surface area contributed by atoms with Crippen molar-refractivity contribution in [2.75, 3.05) is 6.61 Å². The number of rotatable bonds is 6. The molecule has 0 aromatic rings. The Balaban J connectivity index is 3.64. The van der Waals surface area contributed by atoms with Gasteiger partial charge in [-0.2, -0.15) is 0 Å². The number of carbonyl (C=O) groups excluding carboxylic acids is 1. The van der Waals surface area contributed by atoms with Crippen LogP contribution < -0.4 is 0 Å². The van der Waals surface area contributed by atoms with Crippen LogP contribution in [0.5, 0.6) is 0 Å². The highest BCUT2D eigenvalue weighted by Crippen LogP contribution is 2.04. The lowest BCUT2D eigenvalue weighted by Crippen LogP contribution is -1.88. The van der Waals surface area contributed by atoms with Gasteiger partial charge in [0.15, 0.2) is 0 Å². The average molecular weight is 156 g/mol. The number of carbonyl (C=O) groups is 1. The van der Waals surface area contributed by atoms with E-state index in [-0.39, 0.29) is 0 Å². The topological polar surface area (TPSA) is 26.3 Å². The number of ether oxygens (including phenoxy) is 1. The van der Waals surface area contributed by atoms with E-state index in [4.69, 9.17) is 4.74 Å². The number of allylic oxidation sites excluding steroid dienone is 1. The Morgan fingerprint density at radius 2 is 2.18 bits per heavy atom. The second-order valence-electron chi connectivity index (χ2n) is 2.37. The summed E-state index contributed by atoms with van der Waals surface area (Å²) in [6.07, 6.45) is 5.42. The number of hydrogen-bond acceptors (Lipinski definition) is 2. The van der Waals surface area contributed by atoms with Gasteiger partial charge < -0.3 is 4.74 Å². The predicted molar refractivity (Wildman–Crippen MR) is 45.3 cm³/mol. The summed E-state index contributed by atoms with van der Waals surface area (Å²) in [5.74, 6) is 0. The monoisotopic (exact) mass is 156 g/mol. The van der Waals surface area contributed by atoms with Gasteiger partial charge in [-0.15, -0.1) is 0 Å². The maximum atomic E-state index is 10.4. The zero-order valence-corrected chi connectivity index (χ0v) is 7.30. The Bertz CT molecular complexity index is 128. The molecule has 0 spiro atoms. The van der Waals surface area contributed by atoms with Gasteiger partial charge in [-0.05, 0) is 19.8 Å². The Labute approximate surface area is 68.2 Å². The molecule has 0 rings (SSSR count). The molecule has 0 atom stereocenters. The molecular weight excluding hydrogens is 140 g/mol. The SMILES string of the molecule is CCCC/C(C=O)=C/OCC. The Hall–Kier alpha value is -0.790. The minimum Gasteiger partial charge on any atom is -0.501 e. The van der Waals surface area contributed by atoms with Crippen LogP contribution in [-0.4, -0.2) is 12.9 Å². The van der Waals surface area contributed by atoms with Crippen molar-refractivity contribution < 1.29 is 9.53 Å². The molecule has 0 amide bonds. The van der Waals surface area contributed by atoms with Gasteiger partial charge in [-0.25, -0.2) is 0 Å². The summed E-state index contributed by atoms with van der Waals surface area (Å²) in [6, 6.07) is 0. The van der Waals surface area contributed by atoms with E-state index in [1.807, 2.05) is 6.92 Å². The molecule has 2 heteroatoms. The van der Waals surface area contributed by atoms with Gasteiger partial charge >= 0.3 is 0 Å². The summed E-state index contributed by atoms with van der Waals surface area (Å²) < 4.78 is 4.99. The highest BCUT2D eigenvalue weighted by molar-refractivity contribution is 5.72. The maximum absolute atomic E-state index is 10.4. The molecule has 0 unspecified atom stereocenters. The van der Waals surface area contributed by atoms with Crippen LogP contribution in [0.3, 0.4) is 0 Å². The predicted octanol–water partition coefficient (Wildman–Crippen LogP) is 2.30. The van der Waals surface area contributed by atoms with Crippen LogP contribution in [0.25, 0.3) is 0 Å². The molecule has 0 fully saturated rings. The summed E-state index contributed by atoms with van der Waals surface area (Å²) in [5.41, 5.74) is 0.758. The van der Waals surface area contributed by atoms with Crippen molar-refractivity contribution in [3.05, 3.63) is 11.8 Å². The average Bonchev–Trinajstić information content (AvgIpc) is 2.05. The molecule has 0 heterocycles. The zero-order chi connectivity index (χ0) is 8.53. The number of unbranched alkanes of at least 4 members (excludes halogenated alkanes) is 1. The highest BCUT2D eigenvalue weighted by Gasteiger charge is 1.93. The molecule has 0 saturated carbocycles. The molecule has 11 heavy (non-hydrogen) atoms. The summed E-state index contributed by atoms with van der Waals surface area (Å²) in [4.78, 5) is 10.4. The summed E-state index contributed by atoms with van der Waals surface area (Å²) in [5, 5.41) is 0. The van der Waals surface area contributed by atoms with E-state index in [2.05, 4.69) is 6.92 Å². The highest BCUT2D eigenvalue weighted by atomic mass is 16.5. The molecule has 0 aromatic carbocycles. The second-order valence-corrected chi connectivity index (χ2v) is 2.37. The molecule has 0 saturated heterocycles. The lowest BCUT2D eigenvalue weighted by molar-refractivity contribution is -0.105. The first-order valence-corrected chi connectivity index (χ1v) is 4.11.